The van der Waals surface area contributed by atoms with Gasteiger partial charge in [0.2, 0.25) is 0 Å². The Kier molecular flexibility index (Phi) is 4.67. The summed E-state index contributed by atoms with van der Waals surface area (Å²) in [6, 6.07) is 2.46. The van der Waals surface area contributed by atoms with Crippen molar-refractivity contribution in [2.24, 2.45) is 0 Å². The lowest BCUT2D eigenvalue weighted by atomic mass is 10.2. The van der Waals surface area contributed by atoms with Crippen molar-refractivity contribution in [1.29, 1.82) is 0 Å². The first-order valence-corrected chi connectivity index (χ1v) is 8.97. The van der Waals surface area contributed by atoms with Crippen LogP contribution < -0.4 is 0 Å². The number of aliphatic carboxylic acids is 1. The van der Waals surface area contributed by atoms with Crippen molar-refractivity contribution < 1.29 is 9.90 Å². The highest BCUT2D eigenvalue weighted by Gasteiger charge is 2.25. The van der Waals surface area contributed by atoms with Crippen LogP contribution in [0.15, 0.2) is 22.2 Å². The van der Waals surface area contributed by atoms with Crippen molar-refractivity contribution in [1.82, 2.24) is 9.88 Å². The molecule has 21 heavy (non-hydrogen) atoms. The van der Waals surface area contributed by atoms with Crippen LogP contribution in [0.2, 0.25) is 0 Å². The second kappa shape index (κ2) is 6.68. The number of thiazole rings is 1. The molecular formula is C15H18N2O2S2. The van der Waals surface area contributed by atoms with Gasteiger partial charge in [0.15, 0.2) is 0 Å². The molecule has 0 radical (unpaired) electrons. The largest absolute Gasteiger partial charge is 0.480 e. The van der Waals surface area contributed by atoms with Crippen molar-refractivity contribution in [3.63, 3.8) is 0 Å². The number of aromatic nitrogens is 1. The van der Waals surface area contributed by atoms with Crippen molar-refractivity contribution in [2.75, 3.05) is 6.54 Å². The second-order valence-electron chi connectivity index (χ2n) is 5.39. The lowest BCUT2D eigenvalue weighted by Gasteiger charge is -2.26. The summed E-state index contributed by atoms with van der Waals surface area (Å²) in [5.41, 5.74) is 2.14. The molecule has 112 valence electrons. The molecular weight excluding hydrogens is 304 g/mol. The summed E-state index contributed by atoms with van der Waals surface area (Å²) in [4.78, 5) is 17.8. The Balaban J connectivity index is 1.71. The Labute approximate surface area is 132 Å². The molecule has 6 heteroatoms. The normalized spacial score (nSPS) is 15.9. The van der Waals surface area contributed by atoms with Gasteiger partial charge in [-0.2, -0.15) is 11.3 Å². The van der Waals surface area contributed by atoms with E-state index in [1.807, 2.05) is 5.38 Å². The van der Waals surface area contributed by atoms with E-state index in [-0.39, 0.29) is 6.54 Å². The predicted molar refractivity (Wildman–Crippen MR) is 85.7 cm³/mol. The molecule has 0 spiro atoms. The van der Waals surface area contributed by atoms with Crippen molar-refractivity contribution >= 4 is 28.6 Å². The van der Waals surface area contributed by atoms with E-state index >= 15 is 0 Å². The summed E-state index contributed by atoms with van der Waals surface area (Å²) in [6.45, 7) is 0.744. The van der Waals surface area contributed by atoms with Gasteiger partial charge in [-0.1, -0.05) is 12.8 Å². The first-order chi connectivity index (χ1) is 10.2. The van der Waals surface area contributed by atoms with Crippen LogP contribution in [0, 0.1) is 0 Å². The predicted octanol–water partition coefficient (Wildman–Crippen LogP) is 3.70. The number of carboxylic acids is 1. The molecule has 0 aliphatic heterocycles. The molecule has 2 aromatic rings. The van der Waals surface area contributed by atoms with Gasteiger partial charge in [-0.15, -0.1) is 11.3 Å². The smallest absolute Gasteiger partial charge is 0.317 e. The van der Waals surface area contributed by atoms with Gasteiger partial charge in [0.1, 0.15) is 5.01 Å². The van der Waals surface area contributed by atoms with E-state index < -0.39 is 5.97 Å². The van der Waals surface area contributed by atoms with Crippen LogP contribution in [0.5, 0.6) is 0 Å². The third-order valence-corrected chi connectivity index (χ3v) is 5.49. The maximum absolute atomic E-state index is 11.1. The number of rotatable bonds is 6. The van der Waals surface area contributed by atoms with Crippen molar-refractivity contribution in [2.45, 2.75) is 38.3 Å². The fourth-order valence-electron chi connectivity index (χ4n) is 2.86. The molecule has 0 aromatic carbocycles. The third kappa shape index (κ3) is 3.70. The minimum atomic E-state index is -0.754. The standard InChI is InChI=1S/C15H18N2O2S2/c18-14(19)8-17(13-3-1-2-4-13)7-12-10-21-15(16-12)11-5-6-20-9-11/h5-6,9-10,13H,1-4,7-8H2,(H,18,19). The summed E-state index contributed by atoms with van der Waals surface area (Å²) in [6.07, 6.45) is 4.62. The van der Waals surface area contributed by atoms with Gasteiger partial charge in [0, 0.05) is 28.9 Å². The SMILES string of the molecule is O=C(O)CN(Cc1csc(-c2ccsc2)n1)C1CCCC1. The Bertz CT molecular complexity index is 589. The lowest BCUT2D eigenvalue weighted by molar-refractivity contribution is -0.139. The van der Waals surface area contributed by atoms with Crippen LogP contribution >= 0.6 is 22.7 Å². The molecule has 1 aliphatic carbocycles. The molecule has 0 unspecified atom stereocenters. The molecule has 0 saturated heterocycles. The second-order valence-corrected chi connectivity index (χ2v) is 7.03. The fraction of sp³-hybridized carbons (Fsp3) is 0.467. The topological polar surface area (TPSA) is 53.4 Å². The van der Waals surface area contributed by atoms with Crippen molar-refractivity contribution in [3.05, 3.63) is 27.9 Å². The van der Waals surface area contributed by atoms with E-state index in [0.29, 0.717) is 12.6 Å². The van der Waals surface area contributed by atoms with Gasteiger partial charge in [-0.05, 0) is 24.3 Å². The quantitative estimate of drug-likeness (QED) is 0.881. The van der Waals surface area contributed by atoms with E-state index in [2.05, 4.69) is 26.7 Å². The van der Waals surface area contributed by atoms with Gasteiger partial charge in [-0.3, -0.25) is 9.69 Å². The maximum atomic E-state index is 11.1. The lowest BCUT2D eigenvalue weighted by Crippen LogP contribution is -2.37. The first kappa shape index (κ1) is 14.7. The number of carbonyl (C=O) groups is 1. The maximum Gasteiger partial charge on any atom is 0.317 e. The van der Waals surface area contributed by atoms with Gasteiger partial charge in [0.05, 0.1) is 12.2 Å². The highest BCUT2D eigenvalue weighted by atomic mass is 32.1. The molecule has 2 heterocycles. The monoisotopic (exact) mass is 322 g/mol. The van der Waals surface area contributed by atoms with Crippen LogP contribution in [0.3, 0.4) is 0 Å². The molecule has 1 saturated carbocycles. The summed E-state index contributed by atoms with van der Waals surface area (Å²) in [7, 11) is 0. The summed E-state index contributed by atoms with van der Waals surface area (Å²) in [5, 5.41) is 16.3. The minimum Gasteiger partial charge on any atom is -0.480 e. The molecule has 2 aromatic heterocycles. The molecule has 1 aliphatic rings. The molecule has 0 atom stereocenters. The Morgan fingerprint density at radius 2 is 2.19 bits per heavy atom. The van der Waals surface area contributed by atoms with Gasteiger partial charge in [-0.25, -0.2) is 4.98 Å². The van der Waals surface area contributed by atoms with E-state index in [4.69, 9.17) is 5.11 Å². The summed E-state index contributed by atoms with van der Waals surface area (Å²) < 4.78 is 0. The number of nitrogens with zero attached hydrogens (tertiary/aromatic N) is 2. The number of carboxylic acid groups (broad SMARTS) is 1. The van der Waals surface area contributed by atoms with Crippen molar-refractivity contribution in [3.8, 4) is 10.6 Å². The molecule has 0 bridgehead atoms. The fourth-order valence-corrected chi connectivity index (χ4v) is 4.39. The third-order valence-electron chi connectivity index (χ3n) is 3.86. The van der Waals surface area contributed by atoms with E-state index in [9.17, 15) is 4.79 Å². The van der Waals surface area contributed by atoms with Crippen LogP contribution in [0.1, 0.15) is 31.4 Å². The molecule has 0 amide bonds. The van der Waals surface area contributed by atoms with Crippen LogP contribution in [0.25, 0.3) is 10.6 Å². The van der Waals surface area contributed by atoms with E-state index in [0.717, 1.165) is 29.1 Å². The van der Waals surface area contributed by atoms with Gasteiger partial charge in [0.25, 0.3) is 0 Å². The Morgan fingerprint density at radius 3 is 2.86 bits per heavy atom. The van der Waals surface area contributed by atoms with Crippen LogP contribution in [0.4, 0.5) is 0 Å². The van der Waals surface area contributed by atoms with Gasteiger partial charge < -0.3 is 5.11 Å². The Hall–Kier alpha value is -1.24. The zero-order valence-electron chi connectivity index (χ0n) is 11.7. The molecule has 3 rings (SSSR count). The summed E-state index contributed by atoms with van der Waals surface area (Å²) in [5.74, 6) is -0.754. The van der Waals surface area contributed by atoms with E-state index in [1.165, 1.54) is 12.8 Å². The van der Waals surface area contributed by atoms with Gasteiger partial charge >= 0.3 is 5.97 Å². The molecule has 4 nitrogen and oxygen atoms in total. The molecule has 1 N–H and O–H groups in total. The average Bonchev–Trinajstić information content (AvgIpc) is 3.20. The van der Waals surface area contributed by atoms with Crippen LogP contribution in [-0.4, -0.2) is 33.5 Å². The van der Waals surface area contributed by atoms with E-state index in [1.54, 1.807) is 22.7 Å². The number of hydrogen-bond donors (Lipinski definition) is 1. The Morgan fingerprint density at radius 1 is 1.38 bits per heavy atom. The zero-order chi connectivity index (χ0) is 14.7. The minimum absolute atomic E-state index is 0.107. The number of hydrogen-bond acceptors (Lipinski definition) is 5. The molecule has 1 fully saturated rings. The highest BCUT2D eigenvalue weighted by Crippen LogP contribution is 2.28. The first-order valence-electron chi connectivity index (χ1n) is 7.15. The highest BCUT2D eigenvalue weighted by molar-refractivity contribution is 7.14. The summed E-state index contributed by atoms with van der Waals surface area (Å²) >= 11 is 3.30. The van der Waals surface area contributed by atoms with Crippen LogP contribution in [-0.2, 0) is 11.3 Å². The average molecular weight is 322 g/mol. The number of thiophene rings is 1. The zero-order valence-corrected chi connectivity index (χ0v) is 13.3.